The molecule has 2 aromatic rings. The van der Waals surface area contributed by atoms with Crippen molar-refractivity contribution >= 4 is 0 Å². The fraction of sp³-hybridized carbons (Fsp3) is 0.364. The average Bonchev–Trinajstić information content (AvgIpc) is 2.61. The normalized spacial score (nSPS) is 23.7. The summed E-state index contributed by atoms with van der Waals surface area (Å²) in [7, 11) is 0. The van der Waals surface area contributed by atoms with Crippen LogP contribution >= 0.6 is 0 Å². The average molecular weight is 306 g/mol. The Labute approximate surface area is 140 Å². The van der Waals surface area contributed by atoms with Crippen LogP contribution in [-0.4, -0.2) is 0 Å². The van der Waals surface area contributed by atoms with Gasteiger partial charge in [0.15, 0.2) is 0 Å². The number of para-hydroxylation sites is 1. The molecule has 120 valence electrons. The molecule has 0 fully saturated rings. The van der Waals surface area contributed by atoms with E-state index in [1.54, 1.807) is 0 Å². The van der Waals surface area contributed by atoms with E-state index in [0.29, 0.717) is 12.5 Å². The van der Waals surface area contributed by atoms with Gasteiger partial charge in [-0.1, -0.05) is 74.5 Å². The van der Waals surface area contributed by atoms with Crippen molar-refractivity contribution < 1.29 is 4.74 Å². The monoisotopic (exact) mass is 306 g/mol. The standard InChI is InChI=1S/C22H26O/c1-3-22(15-9-10-18(2)16-22)20-13-7-8-14-21(20)23-17-19-11-5-4-6-12-19/h4-14,18H,3,15-17H2,1-2H3. The molecule has 0 spiro atoms. The Morgan fingerprint density at radius 2 is 1.78 bits per heavy atom. The van der Waals surface area contributed by atoms with E-state index in [-0.39, 0.29) is 5.41 Å². The molecule has 1 aliphatic rings. The fourth-order valence-corrected chi connectivity index (χ4v) is 3.76. The van der Waals surface area contributed by atoms with Gasteiger partial charge in [0.2, 0.25) is 0 Å². The Morgan fingerprint density at radius 3 is 2.52 bits per heavy atom. The Bertz CT molecular complexity index is 659. The summed E-state index contributed by atoms with van der Waals surface area (Å²) in [4.78, 5) is 0. The third-order valence-electron chi connectivity index (χ3n) is 5.06. The molecular formula is C22H26O. The van der Waals surface area contributed by atoms with Gasteiger partial charge in [0.05, 0.1) is 0 Å². The van der Waals surface area contributed by atoms with Gasteiger partial charge in [0, 0.05) is 11.0 Å². The molecule has 1 nitrogen and oxygen atoms in total. The van der Waals surface area contributed by atoms with Crippen LogP contribution in [-0.2, 0) is 12.0 Å². The van der Waals surface area contributed by atoms with Crippen molar-refractivity contribution in [2.45, 2.75) is 45.1 Å². The molecule has 23 heavy (non-hydrogen) atoms. The first-order chi connectivity index (χ1) is 11.2. The summed E-state index contributed by atoms with van der Waals surface area (Å²) in [6.45, 7) is 5.25. The zero-order chi connectivity index (χ0) is 16.1. The molecule has 2 unspecified atom stereocenters. The third-order valence-corrected chi connectivity index (χ3v) is 5.06. The molecule has 1 heteroatoms. The highest BCUT2D eigenvalue weighted by molar-refractivity contribution is 5.41. The minimum Gasteiger partial charge on any atom is -0.489 e. The van der Waals surface area contributed by atoms with Crippen molar-refractivity contribution in [3.05, 3.63) is 77.9 Å². The Hall–Kier alpha value is -2.02. The second-order valence-corrected chi connectivity index (χ2v) is 6.72. The minimum absolute atomic E-state index is 0.210. The Kier molecular flexibility index (Phi) is 4.85. The van der Waals surface area contributed by atoms with E-state index in [4.69, 9.17) is 4.74 Å². The van der Waals surface area contributed by atoms with Crippen LogP contribution in [0.15, 0.2) is 66.7 Å². The molecule has 3 rings (SSSR count). The largest absolute Gasteiger partial charge is 0.489 e. The molecule has 0 N–H and O–H groups in total. The Balaban J connectivity index is 1.86. The smallest absolute Gasteiger partial charge is 0.123 e. The molecule has 0 aliphatic heterocycles. The maximum Gasteiger partial charge on any atom is 0.123 e. The lowest BCUT2D eigenvalue weighted by molar-refractivity contribution is 0.274. The molecule has 2 aromatic carbocycles. The van der Waals surface area contributed by atoms with E-state index < -0.39 is 0 Å². The van der Waals surface area contributed by atoms with Gasteiger partial charge in [-0.15, -0.1) is 0 Å². The molecule has 0 saturated heterocycles. The van der Waals surface area contributed by atoms with Crippen LogP contribution in [0.2, 0.25) is 0 Å². The lowest BCUT2D eigenvalue weighted by Gasteiger charge is -2.38. The van der Waals surface area contributed by atoms with Crippen molar-refractivity contribution in [2.75, 3.05) is 0 Å². The fourth-order valence-electron chi connectivity index (χ4n) is 3.76. The zero-order valence-electron chi connectivity index (χ0n) is 14.2. The summed E-state index contributed by atoms with van der Waals surface area (Å²) in [6, 6.07) is 19.0. The molecule has 1 aliphatic carbocycles. The molecule has 2 atom stereocenters. The van der Waals surface area contributed by atoms with Crippen molar-refractivity contribution in [3.63, 3.8) is 0 Å². The molecule has 0 heterocycles. The minimum atomic E-state index is 0.210. The Morgan fingerprint density at radius 1 is 1.04 bits per heavy atom. The van der Waals surface area contributed by atoms with Gasteiger partial charge in [-0.05, 0) is 36.8 Å². The SMILES string of the molecule is CCC1(c2ccccc2OCc2ccccc2)CC=CC(C)C1. The summed E-state index contributed by atoms with van der Waals surface area (Å²) in [5.74, 6) is 1.67. The zero-order valence-corrected chi connectivity index (χ0v) is 14.2. The van der Waals surface area contributed by atoms with Gasteiger partial charge in [-0.2, -0.15) is 0 Å². The van der Waals surface area contributed by atoms with Crippen LogP contribution in [0.25, 0.3) is 0 Å². The second kappa shape index (κ2) is 7.04. The van der Waals surface area contributed by atoms with E-state index >= 15 is 0 Å². The topological polar surface area (TPSA) is 9.23 Å². The summed E-state index contributed by atoms with van der Waals surface area (Å²) >= 11 is 0. The summed E-state index contributed by atoms with van der Waals surface area (Å²) in [5, 5.41) is 0. The van der Waals surface area contributed by atoms with Crippen molar-refractivity contribution in [3.8, 4) is 5.75 Å². The summed E-state index contributed by atoms with van der Waals surface area (Å²) in [6.07, 6.45) is 8.16. The molecule has 0 amide bonds. The summed E-state index contributed by atoms with van der Waals surface area (Å²) < 4.78 is 6.21. The van der Waals surface area contributed by atoms with Crippen LogP contribution in [0, 0.1) is 5.92 Å². The first-order valence-electron chi connectivity index (χ1n) is 8.66. The van der Waals surface area contributed by atoms with Crippen LogP contribution in [0.4, 0.5) is 0 Å². The maximum atomic E-state index is 6.21. The third kappa shape index (κ3) is 3.50. The number of hydrogen-bond donors (Lipinski definition) is 0. The van der Waals surface area contributed by atoms with E-state index in [0.717, 1.165) is 18.6 Å². The lowest BCUT2D eigenvalue weighted by Crippen LogP contribution is -2.30. The van der Waals surface area contributed by atoms with Gasteiger partial charge >= 0.3 is 0 Å². The molecule has 0 aromatic heterocycles. The predicted octanol–water partition coefficient (Wildman–Crippen LogP) is 5.90. The maximum absolute atomic E-state index is 6.21. The number of hydrogen-bond acceptors (Lipinski definition) is 1. The first kappa shape index (κ1) is 15.9. The van der Waals surface area contributed by atoms with Gasteiger partial charge in [-0.3, -0.25) is 0 Å². The van der Waals surface area contributed by atoms with Crippen molar-refractivity contribution in [2.24, 2.45) is 5.92 Å². The van der Waals surface area contributed by atoms with E-state index in [1.165, 1.54) is 17.5 Å². The van der Waals surface area contributed by atoms with Crippen molar-refractivity contribution in [1.29, 1.82) is 0 Å². The lowest BCUT2D eigenvalue weighted by atomic mass is 9.67. The van der Waals surface area contributed by atoms with Crippen LogP contribution in [0.3, 0.4) is 0 Å². The highest BCUT2D eigenvalue weighted by Gasteiger charge is 2.35. The van der Waals surface area contributed by atoms with Gasteiger partial charge in [-0.25, -0.2) is 0 Å². The number of ether oxygens (including phenoxy) is 1. The highest BCUT2D eigenvalue weighted by atomic mass is 16.5. The number of allylic oxidation sites excluding steroid dienone is 2. The molecule has 0 bridgehead atoms. The van der Waals surface area contributed by atoms with Crippen LogP contribution in [0.1, 0.15) is 44.2 Å². The van der Waals surface area contributed by atoms with E-state index in [9.17, 15) is 0 Å². The second-order valence-electron chi connectivity index (χ2n) is 6.72. The number of rotatable bonds is 5. The number of benzene rings is 2. The molecular weight excluding hydrogens is 280 g/mol. The van der Waals surface area contributed by atoms with E-state index in [1.807, 2.05) is 6.07 Å². The quantitative estimate of drug-likeness (QED) is 0.625. The predicted molar refractivity (Wildman–Crippen MR) is 96.7 cm³/mol. The van der Waals surface area contributed by atoms with Gasteiger partial charge < -0.3 is 4.74 Å². The van der Waals surface area contributed by atoms with Crippen molar-refractivity contribution in [1.82, 2.24) is 0 Å². The highest BCUT2D eigenvalue weighted by Crippen LogP contribution is 2.45. The van der Waals surface area contributed by atoms with Crippen LogP contribution in [0.5, 0.6) is 5.75 Å². The van der Waals surface area contributed by atoms with E-state index in [2.05, 4.69) is 74.5 Å². The first-order valence-corrected chi connectivity index (χ1v) is 8.66. The van der Waals surface area contributed by atoms with Gasteiger partial charge in [0.1, 0.15) is 12.4 Å². The molecule has 0 saturated carbocycles. The summed E-state index contributed by atoms with van der Waals surface area (Å²) in [5.41, 5.74) is 2.79. The molecule has 0 radical (unpaired) electrons. The van der Waals surface area contributed by atoms with Crippen LogP contribution < -0.4 is 4.74 Å². The van der Waals surface area contributed by atoms with Gasteiger partial charge in [0.25, 0.3) is 0 Å².